The van der Waals surface area contributed by atoms with Gasteiger partial charge in [-0.3, -0.25) is 13.9 Å². The van der Waals surface area contributed by atoms with E-state index in [-0.39, 0.29) is 34.7 Å². The first-order valence-electron chi connectivity index (χ1n) is 14.0. The average Bonchev–Trinajstić information content (AvgIpc) is 2.99. The molecule has 3 aromatic carbocycles. The number of ether oxygens (including phenoxy) is 2. The third kappa shape index (κ3) is 8.64. The Labute approximate surface area is 259 Å². The Morgan fingerprint density at radius 2 is 1.60 bits per heavy atom. The minimum absolute atomic E-state index is 0.00161. The number of hydrogen-bond acceptors (Lipinski definition) is 6. The van der Waals surface area contributed by atoms with E-state index in [0.29, 0.717) is 23.7 Å². The molecular weight excluding hydrogens is 590 g/mol. The van der Waals surface area contributed by atoms with Gasteiger partial charge in [-0.25, -0.2) is 8.42 Å². The molecule has 0 fully saturated rings. The zero-order valence-electron chi connectivity index (χ0n) is 25.5. The standard InChI is InChI=1S/C32H40ClN3O6S/c1-7-28(32(38)34-19-22(2)3)35(20-24-10-12-25(33)13-11-24)31(37)21-36(29-18-26(41-5)14-17-30(29)42-6)43(39,40)27-15-8-23(4)9-16-27/h8-18,22,28H,7,19-21H2,1-6H3,(H,34,38)/t28-/m1/s1. The second-order valence-electron chi connectivity index (χ2n) is 10.6. The lowest BCUT2D eigenvalue weighted by Gasteiger charge is -2.33. The Balaban J connectivity index is 2.13. The number of sulfonamides is 1. The van der Waals surface area contributed by atoms with Gasteiger partial charge in [0.25, 0.3) is 10.0 Å². The molecule has 0 saturated carbocycles. The number of anilines is 1. The van der Waals surface area contributed by atoms with E-state index in [2.05, 4.69) is 5.32 Å². The molecule has 1 atom stereocenters. The highest BCUT2D eigenvalue weighted by atomic mass is 35.5. The minimum atomic E-state index is -4.28. The first-order chi connectivity index (χ1) is 20.4. The molecule has 3 aromatic rings. The van der Waals surface area contributed by atoms with E-state index in [9.17, 15) is 18.0 Å². The third-order valence-electron chi connectivity index (χ3n) is 6.88. The molecule has 0 bridgehead atoms. The highest BCUT2D eigenvalue weighted by molar-refractivity contribution is 7.92. The van der Waals surface area contributed by atoms with Crippen LogP contribution in [0.3, 0.4) is 0 Å². The van der Waals surface area contributed by atoms with E-state index >= 15 is 0 Å². The fraction of sp³-hybridized carbons (Fsp3) is 0.375. The zero-order chi connectivity index (χ0) is 31.7. The van der Waals surface area contributed by atoms with Crippen molar-refractivity contribution < 1.29 is 27.5 Å². The van der Waals surface area contributed by atoms with Crippen molar-refractivity contribution in [2.45, 2.75) is 51.6 Å². The molecule has 1 N–H and O–H groups in total. The molecule has 232 valence electrons. The fourth-order valence-electron chi connectivity index (χ4n) is 4.47. The molecule has 0 aliphatic rings. The molecular formula is C32H40ClN3O6S. The number of carbonyl (C=O) groups is 2. The number of carbonyl (C=O) groups excluding carboxylic acids is 2. The Kier molecular flexibility index (Phi) is 11.9. The van der Waals surface area contributed by atoms with Crippen molar-refractivity contribution in [3.63, 3.8) is 0 Å². The van der Waals surface area contributed by atoms with Crippen LogP contribution < -0.4 is 19.1 Å². The number of nitrogens with zero attached hydrogens (tertiary/aromatic N) is 2. The van der Waals surface area contributed by atoms with Gasteiger partial charge in [-0.15, -0.1) is 0 Å². The number of halogens is 1. The number of nitrogens with one attached hydrogen (secondary N) is 1. The Hall–Kier alpha value is -3.76. The smallest absolute Gasteiger partial charge is 0.264 e. The minimum Gasteiger partial charge on any atom is -0.497 e. The van der Waals surface area contributed by atoms with Crippen LogP contribution >= 0.6 is 11.6 Å². The van der Waals surface area contributed by atoms with Crippen LogP contribution in [-0.2, 0) is 26.2 Å². The van der Waals surface area contributed by atoms with E-state index in [1.165, 1.54) is 37.3 Å². The molecule has 0 aromatic heterocycles. The van der Waals surface area contributed by atoms with Gasteiger partial charge in [-0.05, 0) is 61.2 Å². The lowest BCUT2D eigenvalue weighted by molar-refractivity contribution is -0.140. The number of methoxy groups -OCH3 is 2. The Morgan fingerprint density at radius 3 is 2.16 bits per heavy atom. The van der Waals surface area contributed by atoms with E-state index < -0.39 is 28.5 Å². The maximum absolute atomic E-state index is 14.3. The van der Waals surface area contributed by atoms with Gasteiger partial charge >= 0.3 is 0 Å². The molecule has 0 saturated heterocycles. The van der Waals surface area contributed by atoms with Gasteiger partial charge in [0, 0.05) is 24.2 Å². The van der Waals surface area contributed by atoms with E-state index in [0.717, 1.165) is 15.4 Å². The van der Waals surface area contributed by atoms with E-state index in [1.807, 2.05) is 27.7 Å². The van der Waals surface area contributed by atoms with Crippen molar-refractivity contribution in [2.24, 2.45) is 5.92 Å². The van der Waals surface area contributed by atoms with Crippen LogP contribution in [0.5, 0.6) is 11.5 Å². The summed E-state index contributed by atoms with van der Waals surface area (Å²) in [4.78, 5) is 29.1. The van der Waals surface area contributed by atoms with Crippen molar-refractivity contribution in [3.8, 4) is 11.5 Å². The summed E-state index contributed by atoms with van der Waals surface area (Å²) in [5.41, 5.74) is 1.74. The number of benzene rings is 3. The first-order valence-corrected chi connectivity index (χ1v) is 15.9. The van der Waals surface area contributed by atoms with Crippen LogP contribution in [0.4, 0.5) is 5.69 Å². The van der Waals surface area contributed by atoms with Crippen LogP contribution in [0.2, 0.25) is 5.02 Å². The Morgan fingerprint density at radius 1 is 0.953 bits per heavy atom. The van der Waals surface area contributed by atoms with Gasteiger partial charge < -0.3 is 19.7 Å². The van der Waals surface area contributed by atoms with Crippen LogP contribution in [-0.4, -0.2) is 58.5 Å². The van der Waals surface area contributed by atoms with Crippen LogP contribution in [0.15, 0.2) is 71.6 Å². The summed E-state index contributed by atoms with van der Waals surface area (Å²) < 4.78 is 40.3. The monoisotopic (exact) mass is 629 g/mol. The largest absolute Gasteiger partial charge is 0.497 e. The topological polar surface area (TPSA) is 105 Å². The summed E-state index contributed by atoms with van der Waals surface area (Å²) in [6.45, 7) is 7.53. The molecule has 2 amide bonds. The van der Waals surface area contributed by atoms with Gasteiger partial charge in [0.15, 0.2) is 0 Å². The summed E-state index contributed by atoms with van der Waals surface area (Å²) in [6.07, 6.45) is 0.316. The highest BCUT2D eigenvalue weighted by Crippen LogP contribution is 2.36. The highest BCUT2D eigenvalue weighted by Gasteiger charge is 2.35. The summed E-state index contributed by atoms with van der Waals surface area (Å²) >= 11 is 6.09. The molecule has 11 heteroatoms. The maximum atomic E-state index is 14.3. The van der Waals surface area contributed by atoms with E-state index in [4.69, 9.17) is 21.1 Å². The maximum Gasteiger partial charge on any atom is 0.264 e. The lowest BCUT2D eigenvalue weighted by atomic mass is 10.1. The first kappa shape index (κ1) is 33.7. The molecule has 0 aliphatic carbocycles. The summed E-state index contributed by atoms with van der Waals surface area (Å²) in [6, 6.07) is 17.2. The van der Waals surface area contributed by atoms with Crippen LogP contribution in [0, 0.1) is 12.8 Å². The number of rotatable bonds is 14. The Bertz CT molecular complexity index is 1490. The van der Waals surface area contributed by atoms with Crippen molar-refractivity contribution >= 4 is 39.1 Å². The molecule has 0 heterocycles. The second kappa shape index (κ2) is 15.1. The van der Waals surface area contributed by atoms with Crippen molar-refractivity contribution in [3.05, 3.63) is 82.9 Å². The SMILES string of the molecule is CC[C@H](C(=O)NCC(C)C)N(Cc1ccc(Cl)cc1)C(=O)CN(c1cc(OC)ccc1OC)S(=O)(=O)c1ccc(C)cc1. The molecule has 9 nitrogen and oxygen atoms in total. The second-order valence-corrected chi connectivity index (χ2v) is 12.9. The van der Waals surface area contributed by atoms with Crippen molar-refractivity contribution in [1.29, 1.82) is 0 Å². The van der Waals surface area contributed by atoms with Gasteiger partial charge in [-0.1, -0.05) is 62.2 Å². The van der Waals surface area contributed by atoms with Gasteiger partial charge in [0.05, 0.1) is 24.8 Å². The molecule has 43 heavy (non-hydrogen) atoms. The van der Waals surface area contributed by atoms with Crippen molar-refractivity contribution in [2.75, 3.05) is 31.6 Å². The summed E-state index contributed by atoms with van der Waals surface area (Å²) in [5.74, 6) is -0.0647. The molecule has 0 aliphatic heterocycles. The van der Waals surface area contributed by atoms with Crippen LogP contribution in [0.1, 0.15) is 38.3 Å². The van der Waals surface area contributed by atoms with Gasteiger partial charge in [-0.2, -0.15) is 0 Å². The summed E-state index contributed by atoms with van der Waals surface area (Å²) in [5, 5.41) is 3.45. The molecule has 3 rings (SSSR count). The quantitative estimate of drug-likeness (QED) is 0.255. The lowest BCUT2D eigenvalue weighted by Crippen LogP contribution is -2.52. The predicted octanol–water partition coefficient (Wildman–Crippen LogP) is 5.44. The zero-order valence-corrected chi connectivity index (χ0v) is 27.0. The third-order valence-corrected chi connectivity index (χ3v) is 8.91. The average molecular weight is 630 g/mol. The number of aryl methyl sites for hydroxylation is 1. The molecule has 0 radical (unpaired) electrons. The van der Waals surface area contributed by atoms with Crippen LogP contribution in [0.25, 0.3) is 0 Å². The fourth-order valence-corrected chi connectivity index (χ4v) is 6.01. The van der Waals surface area contributed by atoms with Crippen molar-refractivity contribution in [1.82, 2.24) is 10.2 Å². The van der Waals surface area contributed by atoms with E-state index in [1.54, 1.807) is 48.5 Å². The van der Waals surface area contributed by atoms with Gasteiger partial charge in [0.1, 0.15) is 24.1 Å². The molecule has 0 spiro atoms. The predicted molar refractivity (Wildman–Crippen MR) is 169 cm³/mol. The normalized spacial score (nSPS) is 12.0. The number of amides is 2. The summed E-state index contributed by atoms with van der Waals surface area (Å²) in [7, 11) is -1.39. The number of hydrogen-bond donors (Lipinski definition) is 1. The van der Waals surface area contributed by atoms with Gasteiger partial charge in [0.2, 0.25) is 11.8 Å². The molecule has 0 unspecified atom stereocenters.